The van der Waals surface area contributed by atoms with Crippen molar-refractivity contribution in [3.63, 3.8) is 0 Å². The molecule has 1 aliphatic rings. The van der Waals surface area contributed by atoms with E-state index in [1.54, 1.807) is 0 Å². The summed E-state index contributed by atoms with van der Waals surface area (Å²) >= 11 is 0. The topological polar surface area (TPSA) is 53.4 Å². The number of fused-ring (bicyclic) bond motifs is 1. The second kappa shape index (κ2) is 8.98. The van der Waals surface area contributed by atoms with Crippen LogP contribution in [-0.2, 0) is 6.54 Å². The molecule has 0 atom stereocenters. The highest BCUT2D eigenvalue weighted by Crippen LogP contribution is 2.25. The molecule has 1 N–H and O–H groups in total. The fraction of sp³-hybridized carbons (Fsp3) is 0.259. The number of amides is 2. The van der Waals surface area contributed by atoms with Crippen LogP contribution in [0.1, 0.15) is 16.7 Å². The third-order valence-electron chi connectivity index (χ3n) is 6.43. The number of nitrogens with one attached hydrogen (secondary N) is 1. The van der Waals surface area contributed by atoms with Gasteiger partial charge in [-0.2, -0.15) is 0 Å². The predicted molar refractivity (Wildman–Crippen MR) is 134 cm³/mol. The Morgan fingerprint density at radius 2 is 1.61 bits per heavy atom. The Morgan fingerprint density at radius 1 is 0.879 bits per heavy atom. The molecule has 33 heavy (non-hydrogen) atoms. The molecular formula is C27H29N5O. The molecule has 0 spiro atoms. The molecule has 2 amide bonds. The Labute approximate surface area is 194 Å². The number of urea groups is 1. The average molecular weight is 440 g/mol. The molecule has 2 heterocycles. The molecule has 0 saturated carbocycles. The maximum atomic E-state index is 12.8. The van der Waals surface area contributed by atoms with E-state index in [-0.39, 0.29) is 6.03 Å². The van der Waals surface area contributed by atoms with Crippen LogP contribution in [0.15, 0.2) is 72.8 Å². The standard InChI is InChI=1S/C27H29N5O/c1-20-12-13-23(18-21(20)2)28-27(33)31-16-14-30(15-17-31)26-29-24-10-6-7-11-25(24)32(26)19-22-8-4-3-5-9-22/h3-13,18H,14-17,19H2,1-2H3,(H,28,33). The molecule has 6 heteroatoms. The van der Waals surface area contributed by atoms with Gasteiger partial charge in [0.2, 0.25) is 5.95 Å². The molecule has 1 fully saturated rings. The molecule has 1 saturated heterocycles. The summed E-state index contributed by atoms with van der Waals surface area (Å²) < 4.78 is 2.29. The van der Waals surface area contributed by atoms with Crippen molar-refractivity contribution in [1.29, 1.82) is 0 Å². The molecular weight excluding hydrogens is 410 g/mol. The summed E-state index contributed by atoms with van der Waals surface area (Å²) in [4.78, 5) is 22.0. The van der Waals surface area contributed by atoms with Crippen LogP contribution in [0.3, 0.4) is 0 Å². The van der Waals surface area contributed by atoms with Crippen molar-refractivity contribution in [3.8, 4) is 0 Å². The van der Waals surface area contributed by atoms with E-state index in [0.29, 0.717) is 13.1 Å². The van der Waals surface area contributed by atoms with Gasteiger partial charge in [0.05, 0.1) is 17.6 Å². The molecule has 1 aliphatic heterocycles. The number of benzene rings is 3. The molecule has 3 aromatic carbocycles. The Kier molecular flexibility index (Phi) is 5.73. The number of hydrogen-bond donors (Lipinski definition) is 1. The van der Waals surface area contributed by atoms with Gasteiger partial charge in [0, 0.05) is 31.9 Å². The normalized spacial score (nSPS) is 14.0. The summed E-state index contributed by atoms with van der Waals surface area (Å²) in [7, 11) is 0. The van der Waals surface area contributed by atoms with Crippen molar-refractivity contribution in [3.05, 3.63) is 89.5 Å². The highest BCUT2D eigenvalue weighted by molar-refractivity contribution is 5.89. The van der Waals surface area contributed by atoms with Gasteiger partial charge in [-0.1, -0.05) is 48.5 Å². The van der Waals surface area contributed by atoms with E-state index in [9.17, 15) is 4.79 Å². The van der Waals surface area contributed by atoms with Gasteiger partial charge in [-0.3, -0.25) is 0 Å². The lowest BCUT2D eigenvalue weighted by Gasteiger charge is -2.35. The van der Waals surface area contributed by atoms with Crippen LogP contribution in [0.25, 0.3) is 11.0 Å². The van der Waals surface area contributed by atoms with Crippen LogP contribution < -0.4 is 10.2 Å². The molecule has 0 bridgehead atoms. The number of aryl methyl sites for hydroxylation is 2. The third-order valence-corrected chi connectivity index (χ3v) is 6.43. The second-order valence-corrected chi connectivity index (χ2v) is 8.68. The minimum absolute atomic E-state index is 0.0457. The maximum Gasteiger partial charge on any atom is 0.321 e. The van der Waals surface area contributed by atoms with E-state index in [1.165, 1.54) is 16.7 Å². The van der Waals surface area contributed by atoms with Gasteiger partial charge in [0.1, 0.15) is 0 Å². The monoisotopic (exact) mass is 439 g/mol. The largest absolute Gasteiger partial charge is 0.339 e. The van der Waals surface area contributed by atoms with Gasteiger partial charge in [-0.15, -0.1) is 0 Å². The lowest BCUT2D eigenvalue weighted by molar-refractivity contribution is 0.208. The van der Waals surface area contributed by atoms with Gasteiger partial charge in [-0.05, 0) is 54.8 Å². The first-order chi connectivity index (χ1) is 16.1. The number of rotatable bonds is 4. The van der Waals surface area contributed by atoms with Crippen molar-refractivity contribution >= 4 is 28.7 Å². The van der Waals surface area contributed by atoms with Crippen LogP contribution >= 0.6 is 0 Å². The minimum atomic E-state index is -0.0457. The summed E-state index contributed by atoms with van der Waals surface area (Å²) in [6.45, 7) is 7.72. The van der Waals surface area contributed by atoms with Crippen molar-refractivity contribution < 1.29 is 4.79 Å². The molecule has 6 nitrogen and oxygen atoms in total. The zero-order valence-electron chi connectivity index (χ0n) is 19.2. The van der Waals surface area contributed by atoms with Crippen molar-refractivity contribution in [1.82, 2.24) is 14.5 Å². The van der Waals surface area contributed by atoms with E-state index < -0.39 is 0 Å². The number of carbonyl (C=O) groups is 1. The van der Waals surface area contributed by atoms with Crippen LogP contribution in [0.2, 0.25) is 0 Å². The Balaban J connectivity index is 1.31. The zero-order valence-corrected chi connectivity index (χ0v) is 19.2. The predicted octanol–water partition coefficient (Wildman–Crippen LogP) is 5.06. The fourth-order valence-electron chi connectivity index (χ4n) is 4.36. The third kappa shape index (κ3) is 4.42. The number of imidazole rings is 1. The molecule has 1 aromatic heterocycles. The molecule has 0 radical (unpaired) electrons. The number of hydrogen-bond acceptors (Lipinski definition) is 3. The van der Waals surface area contributed by atoms with Crippen LogP contribution in [0.5, 0.6) is 0 Å². The first kappa shape index (κ1) is 21.1. The number of para-hydroxylation sites is 2. The summed E-state index contributed by atoms with van der Waals surface area (Å²) in [5, 5.41) is 3.05. The molecule has 4 aromatic rings. The van der Waals surface area contributed by atoms with Gasteiger partial charge >= 0.3 is 6.03 Å². The summed E-state index contributed by atoms with van der Waals surface area (Å²) in [5.74, 6) is 0.967. The second-order valence-electron chi connectivity index (χ2n) is 8.68. The van der Waals surface area contributed by atoms with Crippen molar-refractivity contribution in [2.75, 3.05) is 36.4 Å². The first-order valence-electron chi connectivity index (χ1n) is 11.5. The average Bonchev–Trinajstić information content (AvgIpc) is 3.20. The molecule has 5 rings (SSSR count). The molecule has 0 unspecified atom stereocenters. The Bertz CT molecular complexity index is 1270. The number of anilines is 2. The van der Waals surface area contributed by atoms with Gasteiger partial charge in [-0.25, -0.2) is 9.78 Å². The Morgan fingerprint density at radius 3 is 2.36 bits per heavy atom. The fourth-order valence-corrected chi connectivity index (χ4v) is 4.36. The van der Waals surface area contributed by atoms with Crippen molar-refractivity contribution in [2.45, 2.75) is 20.4 Å². The van der Waals surface area contributed by atoms with E-state index in [4.69, 9.17) is 4.98 Å². The maximum absolute atomic E-state index is 12.8. The lowest BCUT2D eigenvalue weighted by Crippen LogP contribution is -2.50. The van der Waals surface area contributed by atoms with Crippen LogP contribution in [0, 0.1) is 13.8 Å². The van der Waals surface area contributed by atoms with E-state index in [0.717, 1.165) is 42.3 Å². The van der Waals surface area contributed by atoms with E-state index in [1.807, 2.05) is 35.2 Å². The number of piperazine rings is 1. The number of aromatic nitrogens is 2. The number of carbonyl (C=O) groups excluding carboxylic acids is 1. The number of nitrogens with zero attached hydrogens (tertiary/aromatic N) is 4. The van der Waals surface area contributed by atoms with Gasteiger partial charge < -0.3 is 19.7 Å². The van der Waals surface area contributed by atoms with E-state index in [2.05, 4.69) is 71.1 Å². The van der Waals surface area contributed by atoms with Crippen molar-refractivity contribution in [2.24, 2.45) is 0 Å². The first-order valence-corrected chi connectivity index (χ1v) is 11.5. The molecule has 168 valence electrons. The lowest BCUT2D eigenvalue weighted by atomic mass is 10.1. The minimum Gasteiger partial charge on any atom is -0.339 e. The van der Waals surface area contributed by atoms with Gasteiger partial charge in [0.15, 0.2) is 0 Å². The Hall–Kier alpha value is -3.80. The van der Waals surface area contributed by atoms with E-state index >= 15 is 0 Å². The smallest absolute Gasteiger partial charge is 0.321 e. The summed E-state index contributed by atoms with van der Waals surface area (Å²) in [5.41, 5.74) is 6.61. The quantitative estimate of drug-likeness (QED) is 0.484. The molecule has 0 aliphatic carbocycles. The van der Waals surface area contributed by atoms with Gasteiger partial charge in [0.25, 0.3) is 0 Å². The SMILES string of the molecule is Cc1ccc(NC(=O)N2CCN(c3nc4ccccc4n3Cc3ccccc3)CC2)cc1C. The highest BCUT2D eigenvalue weighted by Gasteiger charge is 2.25. The highest BCUT2D eigenvalue weighted by atomic mass is 16.2. The van der Waals surface area contributed by atoms with Crippen LogP contribution in [-0.4, -0.2) is 46.7 Å². The zero-order chi connectivity index (χ0) is 22.8. The summed E-state index contributed by atoms with van der Waals surface area (Å²) in [6.07, 6.45) is 0. The van der Waals surface area contributed by atoms with Crippen LogP contribution in [0.4, 0.5) is 16.4 Å². The summed E-state index contributed by atoms with van der Waals surface area (Å²) in [6, 6.07) is 24.7.